The van der Waals surface area contributed by atoms with Gasteiger partial charge in [0.15, 0.2) is 12.1 Å². The van der Waals surface area contributed by atoms with Crippen molar-refractivity contribution in [3.05, 3.63) is 97.2 Å². The first-order chi connectivity index (χ1) is 31.1. The average molecular weight is 893 g/mol. The van der Waals surface area contributed by atoms with E-state index in [1.165, 1.54) is 70.6 Å². The van der Waals surface area contributed by atoms with Crippen molar-refractivity contribution in [3.8, 4) is 0 Å². The molecule has 0 heterocycles. The standard InChI is InChI=1S/C56H93NO7/c1-6-8-10-12-14-16-18-20-22-24-25-26-27-28-29-31-33-35-37-39-41-43-45-47-55(59)64-52(50-62-49-48-53(56(60)61)57(3,4)5)51-63-54(58)46-44-42-40-38-36-34-32-30-23-21-19-17-15-13-11-9-7-2/h8,10,14-17,20-23,25-26,32,34,38,40,52-53H,6-7,9,11-13,18-19,24,27-31,33,35-37,39,41-51H2,1-5H3/p+1/b10-8+,16-14+,17-15+,22-20+,23-21+,26-25+,34-32+,40-38+. The first kappa shape index (κ1) is 60.2. The highest BCUT2D eigenvalue weighted by Crippen LogP contribution is 2.14. The topological polar surface area (TPSA) is 99.1 Å². The molecular weight excluding hydrogens is 799 g/mol. The number of carbonyl (C=O) groups is 3. The van der Waals surface area contributed by atoms with Gasteiger partial charge in [-0.2, -0.15) is 0 Å². The van der Waals surface area contributed by atoms with Crippen LogP contribution in [0, 0.1) is 0 Å². The number of aliphatic carboxylic acids is 1. The molecule has 8 heteroatoms. The molecule has 0 aromatic rings. The minimum Gasteiger partial charge on any atom is -0.477 e. The van der Waals surface area contributed by atoms with Crippen molar-refractivity contribution in [1.29, 1.82) is 0 Å². The molecule has 8 nitrogen and oxygen atoms in total. The van der Waals surface area contributed by atoms with Crippen molar-refractivity contribution in [1.82, 2.24) is 0 Å². The molecule has 1 N–H and O–H groups in total. The summed E-state index contributed by atoms with van der Waals surface area (Å²) in [6.45, 7) is 4.53. The van der Waals surface area contributed by atoms with Crippen LogP contribution in [0.5, 0.6) is 0 Å². The molecule has 0 amide bonds. The number of quaternary nitrogens is 1. The minimum atomic E-state index is -0.886. The van der Waals surface area contributed by atoms with Gasteiger partial charge in [-0.05, 0) is 89.9 Å². The number of carboxylic acids is 1. The van der Waals surface area contributed by atoms with Gasteiger partial charge in [0, 0.05) is 19.3 Å². The van der Waals surface area contributed by atoms with Crippen LogP contribution in [0.1, 0.15) is 187 Å². The highest BCUT2D eigenvalue weighted by molar-refractivity contribution is 5.72. The fourth-order valence-electron chi connectivity index (χ4n) is 6.84. The Bertz CT molecular complexity index is 1360. The zero-order valence-electron chi connectivity index (χ0n) is 41.4. The van der Waals surface area contributed by atoms with Gasteiger partial charge in [-0.15, -0.1) is 0 Å². The molecule has 0 aromatic heterocycles. The highest BCUT2D eigenvalue weighted by Gasteiger charge is 2.31. The van der Waals surface area contributed by atoms with Gasteiger partial charge in [0.1, 0.15) is 6.61 Å². The second kappa shape index (κ2) is 45.8. The highest BCUT2D eigenvalue weighted by atomic mass is 16.6. The van der Waals surface area contributed by atoms with Crippen molar-refractivity contribution in [3.63, 3.8) is 0 Å². The van der Waals surface area contributed by atoms with Crippen molar-refractivity contribution in [2.75, 3.05) is 41.0 Å². The van der Waals surface area contributed by atoms with Crippen LogP contribution in [-0.4, -0.2) is 80.6 Å². The SMILES string of the molecule is CC/C=C/C/C=C/C/C=C/C/C=C/CCCCCCCCCCCCC(=O)OC(COCCC(C(=O)O)[N+](C)(C)C)COC(=O)CCC/C=C/C/C=C/C/C=C/C/C=C/CCCCC. The Labute approximate surface area is 392 Å². The molecule has 0 fully saturated rings. The van der Waals surface area contributed by atoms with Gasteiger partial charge < -0.3 is 23.8 Å². The number of carbonyl (C=O) groups excluding carboxylic acids is 2. The molecule has 364 valence electrons. The Kier molecular flexibility index (Phi) is 43.1. The summed E-state index contributed by atoms with van der Waals surface area (Å²) in [5.41, 5.74) is 0. The monoisotopic (exact) mass is 893 g/mol. The smallest absolute Gasteiger partial charge is 0.362 e. The Morgan fingerprint density at radius 1 is 0.484 bits per heavy atom. The lowest BCUT2D eigenvalue weighted by atomic mass is 10.0. The van der Waals surface area contributed by atoms with Crippen LogP contribution < -0.4 is 0 Å². The zero-order valence-corrected chi connectivity index (χ0v) is 41.4. The van der Waals surface area contributed by atoms with Crippen LogP contribution in [0.2, 0.25) is 0 Å². The summed E-state index contributed by atoms with van der Waals surface area (Å²) in [5.74, 6) is -1.55. The van der Waals surface area contributed by atoms with E-state index in [9.17, 15) is 19.5 Å². The molecule has 0 bridgehead atoms. The average Bonchev–Trinajstić information content (AvgIpc) is 3.26. The molecule has 0 rings (SSSR count). The number of hydrogen-bond donors (Lipinski definition) is 1. The number of likely N-dealkylation sites (N-methyl/N-ethyl adjacent to an activating group) is 1. The summed E-state index contributed by atoms with van der Waals surface area (Å²) in [6.07, 6.45) is 61.8. The maximum Gasteiger partial charge on any atom is 0.362 e. The van der Waals surface area contributed by atoms with E-state index in [2.05, 4.69) is 111 Å². The molecule has 2 unspecified atom stereocenters. The van der Waals surface area contributed by atoms with E-state index in [-0.39, 0.29) is 42.7 Å². The lowest BCUT2D eigenvalue weighted by Crippen LogP contribution is -2.50. The van der Waals surface area contributed by atoms with Gasteiger partial charge >= 0.3 is 17.9 Å². The summed E-state index contributed by atoms with van der Waals surface area (Å²) in [4.78, 5) is 37.1. The van der Waals surface area contributed by atoms with E-state index in [0.29, 0.717) is 19.3 Å². The van der Waals surface area contributed by atoms with Gasteiger partial charge in [0.05, 0.1) is 34.4 Å². The Balaban J connectivity index is 4.34. The van der Waals surface area contributed by atoms with E-state index in [1.54, 1.807) is 0 Å². The molecule has 64 heavy (non-hydrogen) atoms. The van der Waals surface area contributed by atoms with E-state index < -0.39 is 18.1 Å². The number of hydrogen-bond acceptors (Lipinski definition) is 6. The molecule has 0 saturated heterocycles. The van der Waals surface area contributed by atoms with Crippen molar-refractivity contribution >= 4 is 17.9 Å². The molecule has 2 atom stereocenters. The summed E-state index contributed by atoms with van der Waals surface area (Å²) >= 11 is 0. The van der Waals surface area contributed by atoms with E-state index >= 15 is 0 Å². The quantitative estimate of drug-likeness (QED) is 0.0281. The Hall–Kier alpha value is -3.75. The fourth-order valence-corrected chi connectivity index (χ4v) is 6.84. The van der Waals surface area contributed by atoms with Crippen LogP contribution in [0.15, 0.2) is 97.2 Å². The van der Waals surface area contributed by atoms with Crippen LogP contribution in [0.3, 0.4) is 0 Å². The predicted molar refractivity (Wildman–Crippen MR) is 270 cm³/mol. The summed E-state index contributed by atoms with van der Waals surface area (Å²) in [7, 11) is 5.51. The molecule has 0 aliphatic heterocycles. The third-order valence-corrected chi connectivity index (χ3v) is 10.7. The van der Waals surface area contributed by atoms with Crippen LogP contribution in [0.4, 0.5) is 0 Å². The fraction of sp³-hybridized carbons (Fsp3) is 0.661. The van der Waals surface area contributed by atoms with Gasteiger partial charge in [0.2, 0.25) is 0 Å². The summed E-state index contributed by atoms with van der Waals surface area (Å²) in [6, 6.07) is -0.629. The van der Waals surface area contributed by atoms with Crippen LogP contribution in [0.25, 0.3) is 0 Å². The van der Waals surface area contributed by atoms with Gasteiger partial charge in [-0.25, -0.2) is 4.79 Å². The molecule has 0 saturated carbocycles. The number of carboxylic acid groups (broad SMARTS) is 1. The number of esters is 2. The number of rotatable bonds is 44. The van der Waals surface area contributed by atoms with E-state index in [1.807, 2.05) is 21.1 Å². The normalized spacial score (nSPS) is 13.7. The predicted octanol–water partition coefficient (Wildman–Crippen LogP) is 14.6. The lowest BCUT2D eigenvalue weighted by molar-refractivity contribution is -0.887. The third-order valence-electron chi connectivity index (χ3n) is 10.7. The minimum absolute atomic E-state index is 0.0369. The van der Waals surface area contributed by atoms with Crippen molar-refractivity contribution < 1.29 is 38.2 Å². The Morgan fingerprint density at radius 3 is 1.34 bits per heavy atom. The first-order valence-corrected chi connectivity index (χ1v) is 25.3. The molecule has 0 aromatic carbocycles. The molecule has 0 radical (unpaired) electrons. The molecular formula is C56H94NO7+. The first-order valence-electron chi connectivity index (χ1n) is 25.3. The largest absolute Gasteiger partial charge is 0.477 e. The summed E-state index contributed by atoms with van der Waals surface area (Å²) in [5, 5.41) is 9.65. The Morgan fingerprint density at radius 2 is 0.891 bits per heavy atom. The number of nitrogens with zero attached hydrogens (tertiary/aromatic N) is 1. The lowest BCUT2D eigenvalue weighted by Gasteiger charge is -2.31. The van der Waals surface area contributed by atoms with E-state index in [0.717, 1.165) is 77.0 Å². The van der Waals surface area contributed by atoms with Crippen LogP contribution in [-0.2, 0) is 28.6 Å². The van der Waals surface area contributed by atoms with Gasteiger partial charge in [-0.3, -0.25) is 9.59 Å². The zero-order chi connectivity index (χ0) is 47.0. The number of ether oxygens (including phenoxy) is 3. The molecule has 0 spiro atoms. The molecule has 0 aliphatic carbocycles. The third kappa shape index (κ3) is 43.5. The van der Waals surface area contributed by atoms with Gasteiger partial charge in [0.25, 0.3) is 0 Å². The van der Waals surface area contributed by atoms with E-state index in [4.69, 9.17) is 14.2 Å². The second-order valence-corrected chi connectivity index (χ2v) is 17.7. The maximum absolute atomic E-state index is 12.8. The molecule has 0 aliphatic rings. The second-order valence-electron chi connectivity index (χ2n) is 17.7. The number of unbranched alkanes of at least 4 members (excludes halogenated alkanes) is 14. The van der Waals surface area contributed by atoms with Crippen molar-refractivity contribution in [2.45, 2.75) is 199 Å². The van der Waals surface area contributed by atoms with Crippen molar-refractivity contribution in [2.24, 2.45) is 0 Å². The number of allylic oxidation sites excluding steroid dienone is 16. The van der Waals surface area contributed by atoms with Crippen LogP contribution >= 0.6 is 0 Å². The summed E-state index contributed by atoms with van der Waals surface area (Å²) < 4.78 is 17.3. The van der Waals surface area contributed by atoms with Gasteiger partial charge in [-0.1, -0.05) is 175 Å². The maximum atomic E-state index is 12.8.